The highest BCUT2D eigenvalue weighted by Crippen LogP contribution is 2.26. The van der Waals surface area contributed by atoms with Crippen LogP contribution in [0.5, 0.6) is 0 Å². The van der Waals surface area contributed by atoms with Gasteiger partial charge >= 0.3 is 0 Å². The molecule has 26 heavy (non-hydrogen) atoms. The third-order valence-corrected chi connectivity index (χ3v) is 7.32. The van der Waals surface area contributed by atoms with Crippen LogP contribution in [0.2, 0.25) is 5.02 Å². The molecule has 3 rings (SSSR count). The van der Waals surface area contributed by atoms with Gasteiger partial charge in [-0.3, -0.25) is 4.79 Å². The Labute approximate surface area is 161 Å². The average Bonchev–Trinajstić information content (AvgIpc) is 3.11. The van der Waals surface area contributed by atoms with Crippen molar-refractivity contribution in [3.05, 3.63) is 29.3 Å². The normalized spacial score (nSPS) is 20.0. The summed E-state index contributed by atoms with van der Waals surface area (Å²) in [6.07, 6.45) is 0.468. The molecule has 0 spiro atoms. The van der Waals surface area contributed by atoms with E-state index in [1.165, 1.54) is 11.8 Å². The van der Waals surface area contributed by atoms with Crippen LogP contribution in [0.1, 0.15) is 13.3 Å². The molecule has 0 radical (unpaired) electrons. The summed E-state index contributed by atoms with van der Waals surface area (Å²) in [5.74, 6) is 0.625. The number of rotatable bonds is 5. The number of amides is 1. The van der Waals surface area contributed by atoms with E-state index in [-0.39, 0.29) is 23.5 Å². The molecule has 1 aromatic carbocycles. The largest absolute Gasteiger partial charge is 0.351 e. The minimum atomic E-state index is -3.02. The van der Waals surface area contributed by atoms with Gasteiger partial charge in [0.25, 0.3) is 0 Å². The number of nitrogens with zero attached hydrogens (tertiary/aromatic N) is 3. The Bertz CT molecular complexity index is 912. The monoisotopic (exact) mass is 414 g/mol. The van der Waals surface area contributed by atoms with Gasteiger partial charge < -0.3 is 9.88 Å². The molecule has 2 aromatic rings. The molecule has 1 N–H and O–H groups in total. The zero-order valence-corrected chi connectivity index (χ0v) is 16.7. The van der Waals surface area contributed by atoms with Gasteiger partial charge in [0.2, 0.25) is 5.91 Å². The molecule has 0 aliphatic carbocycles. The Morgan fingerprint density at radius 2 is 2.04 bits per heavy atom. The van der Waals surface area contributed by atoms with E-state index in [2.05, 4.69) is 15.5 Å². The van der Waals surface area contributed by atoms with Crippen molar-refractivity contribution in [3.8, 4) is 11.4 Å². The highest BCUT2D eigenvalue weighted by Gasteiger charge is 2.30. The van der Waals surface area contributed by atoms with Gasteiger partial charge in [-0.2, -0.15) is 0 Å². The van der Waals surface area contributed by atoms with Crippen molar-refractivity contribution in [2.45, 2.75) is 29.8 Å². The van der Waals surface area contributed by atoms with Gasteiger partial charge in [0.1, 0.15) is 0 Å². The third kappa shape index (κ3) is 4.39. The van der Waals surface area contributed by atoms with Crippen molar-refractivity contribution in [1.82, 2.24) is 20.1 Å². The summed E-state index contributed by atoms with van der Waals surface area (Å²) in [6.45, 7) is 1.76. The maximum absolute atomic E-state index is 12.3. The second-order valence-corrected chi connectivity index (χ2v) is 10.2. The van der Waals surface area contributed by atoms with Crippen molar-refractivity contribution < 1.29 is 13.2 Å². The van der Waals surface area contributed by atoms with Crippen molar-refractivity contribution in [3.63, 3.8) is 0 Å². The SMILES string of the molecule is C[C@H](Sc1nnc(-c2ccc(Cl)cc2)n1C)C(=O)N[C@H]1CCS(=O)(=O)C1. The molecule has 1 saturated heterocycles. The summed E-state index contributed by atoms with van der Waals surface area (Å²) in [7, 11) is -1.19. The standard InChI is InChI=1S/C16H19ClN4O3S2/c1-10(15(22)18-13-7-8-26(23,24)9-13)25-16-20-19-14(21(16)2)11-3-5-12(17)6-4-11/h3-6,10,13H,7-9H2,1-2H3,(H,18,22)/t10-,13-/m0/s1. The van der Waals surface area contributed by atoms with Gasteiger partial charge in [0, 0.05) is 23.7 Å². The number of carbonyl (C=O) groups is 1. The smallest absolute Gasteiger partial charge is 0.233 e. The lowest BCUT2D eigenvalue weighted by Gasteiger charge is -2.15. The second-order valence-electron chi connectivity index (χ2n) is 6.24. The second kappa shape index (κ2) is 7.58. The van der Waals surface area contributed by atoms with Crippen molar-refractivity contribution in [2.75, 3.05) is 11.5 Å². The summed E-state index contributed by atoms with van der Waals surface area (Å²) < 4.78 is 24.8. The van der Waals surface area contributed by atoms with Gasteiger partial charge in [0.05, 0.1) is 16.8 Å². The zero-order chi connectivity index (χ0) is 18.9. The fourth-order valence-corrected chi connectivity index (χ4v) is 5.33. The molecule has 140 valence electrons. The molecule has 1 aromatic heterocycles. The Morgan fingerprint density at radius 1 is 1.35 bits per heavy atom. The average molecular weight is 415 g/mol. The van der Waals surface area contributed by atoms with E-state index in [1.54, 1.807) is 19.1 Å². The molecular weight excluding hydrogens is 396 g/mol. The van der Waals surface area contributed by atoms with Gasteiger partial charge in [-0.15, -0.1) is 10.2 Å². The molecule has 1 fully saturated rings. The molecule has 2 heterocycles. The Kier molecular flexibility index (Phi) is 5.59. The van der Waals surface area contributed by atoms with Crippen LogP contribution in [0.4, 0.5) is 0 Å². The predicted octanol–water partition coefficient (Wildman–Crippen LogP) is 1.92. The predicted molar refractivity (Wildman–Crippen MR) is 102 cm³/mol. The van der Waals surface area contributed by atoms with Crippen molar-refractivity contribution in [2.24, 2.45) is 7.05 Å². The summed E-state index contributed by atoms with van der Waals surface area (Å²) in [6, 6.07) is 6.98. The van der Waals surface area contributed by atoms with Crippen LogP contribution in [0.15, 0.2) is 29.4 Å². The molecule has 0 saturated carbocycles. The van der Waals surface area contributed by atoms with E-state index in [4.69, 9.17) is 11.6 Å². The highest BCUT2D eigenvalue weighted by molar-refractivity contribution is 8.00. The van der Waals surface area contributed by atoms with Crippen LogP contribution in [0.3, 0.4) is 0 Å². The van der Waals surface area contributed by atoms with E-state index in [0.717, 1.165) is 5.56 Å². The first-order chi connectivity index (χ1) is 12.2. The van der Waals surface area contributed by atoms with Crippen LogP contribution in [-0.2, 0) is 21.7 Å². The molecular formula is C16H19ClN4O3S2. The van der Waals surface area contributed by atoms with Crippen LogP contribution in [0, 0.1) is 0 Å². The Morgan fingerprint density at radius 3 is 2.65 bits per heavy atom. The van der Waals surface area contributed by atoms with Gasteiger partial charge in [-0.25, -0.2) is 8.42 Å². The fourth-order valence-electron chi connectivity index (χ4n) is 2.71. The first-order valence-corrected chi connectivity index (χ1v) is 11.2. The number of hydrogen-bond donors (Lipinski definition) is 1. The van der Waals surface area contributed by atoms with Crippen molar-refractivity contribution in [1.29, 1.82) is 0 Å². The molecule has 0 bridgehead atoms. The van der Waals surface area contributed by atoms with Crippen LogP contribution in [0.25, 0.3) is 11.4 Å². The maximum atomic E-state index is 12.3. The molecule has 1 amide bonds. The minimum Gasteiger partial charge on any atom is -0.351 e. The lowest BCUT2D eigenvalue weighted by Crippen LogP contribution is -2.40. The van der Waals surface area contributed by atoms with Gasteiger partial charge in [-0.1, -0.05) is 23.4 Å². The Hall–Kier alpha value is -1.58. The van der Waals surface area contributed by atoms with Crippen molar-refractivity contribution >= 4 is 39.1 Å². The summed E-state index contributed by atoms with van der Waals surface area (Å²) >= 11 is 7.19. The first kappa shape index (κ1) is 19.2. The molecule has 0 unspecified atom stereocenters. The molecule has 10 heteroatoms. The Balaban J connectivity index is 1.65. The van der Waals surface area contributed by atoms with Crippen LogP contribution in [-0.4, -0.2) is 51.9 Å². The third-order valence-electron chi connectivity index (χ3n) is 4.17. The lowest BCUT2D eigenvalue weighted by molar-refractivity contribution is -0.120. The summed E-state index contributed by atoms with van der Waals surface area (Å²) in [4.78, 5) is 12.3. The molecule has 7 nitrogen and oxygen atoms in total. The van der Waals surface area contributed by atoms with E-state index in [1.807, 2.05) is 23.7 Å². The quantitative estimate of drug-likeness (QED) is 0.751. The van der Waals surface area contributed by atoms with E-state index in [9.17, 15) is 13.2 Å². The van der Waals surface area contributed by atoms with Gasteiger partial charge in [0.15, 0.2) is 20.8 Å². The van der Waals surface area contributed by atoms with Crippen LogP contribution < -0.4 is 5.32 Å². The highest BCUT2D eigenvalue weighted by atomic mass is 35.5. The molecule has 1 aliphatic heterocycles. The minimum absolute atomic E-state index is 0.0147. The molecule has 1 aliphatic rings. The van der Waals surface area contributed by atoms with E-state index in [0.29, 0.717) is 22.4 Å². The van der Waals surface area contributed by atoms with Gasteiger partial charge in [-0.05, 0) is 37.6 Å². The molecule has 2 atom stereocenters. The number of hydrogen-bond acceptors (Lipinski definition) is 6. The topological polar surface area (TPSA) is 93.9 Å². The number of thioether (sulfide) groups is 1. The fraction of sp³-hybridized carbons (Fsp3) is 0.438. The maximum Gasteiger partial charge on any atom is 0.233 e. The number of aromatic nitrogens is 3. The number of benzene rings is 1. The summed E-state index contributed by atoms with van der Waals surface area (Å²) in [5, 5.41) is 12.0. The number of nitrogens with one attached hydrogen (secondary N) is 1. The zero-order valence-electron chi connectivity index (χ0n) is 14.3. The first-order valence-electron chi connectivity index (χ1n) is 8.08. The number of carbonyl (C=O) groups excluding carboxylic acids is 1. The summed E-state index contributed by atoms with van der Waals surface area (Å²) in [5.41, 5.74) is 0.879. The lowest BCUT2D eigenvalue weighted by atomic mass is 10.2. The number of halogens is 1. The number of sulfone groups is 1. The van der Waals surface area contributed by atoms with E-state index < -0.39 is 15.1 Å². The van der Waals surface area contributed by atoms with E-state index >= 15 is 0 Å². The van der Waals surface area contributed by atoms with Crippen LogP contribution >= 0.6 is 23.4 Å².